The molecule has 4 nitrogen and oxygen atoms in total. The zero-order valence-corrected chi connectivity index (χ0v) is 10.2. The number of carbonyl (C=O) groups is 2. The molecular weight excluding hydrogens is 230 g/mol. The predicted molar refractivity (Wildman–Crippen MR) is 67.3 cm³/mol. The van der Waals surface area contributed by atoms with Gasteiger partial charge in [-0.05, 0) is 30.9 Å². The second-order valence-corrected chi connectivity index (χ2v) is 4.70. The van der Waals surface area contributed by atoms with E-state index in [-0.39, 0.29) is 12.3 Å². The average Bonchev–Trinajstić information content (AvgIpc) is 2.85. The van der Waals surface area contributed by atoms with Crippen molar-refractivity contribution in [2.45, 2.75) is 19.3 Å². The maximum Gasteiger partial charge on any atom is 0.303 e. The monoisotopic (exact) mass is 247 g/mol. The summed E-state index contributed by atoms with van der Waals surface area (Å²) in [5, 5.41) is 8.65. The molecule has 2 rings (SSSR count). The third-order valence-electron chi connectivity index (χ3n) is 3.36. The van der Waals surface area contributed by atoms with Crippen molar-refractivity contribution in [2.24, 2.45) is 5.92 Å². The number of carboxylic acids is 1. The van der Waals surface area contributed by atoms with Gasteiger partial charge in [0.1, 0.15) is 0 Å². The summed E-state index contributed by atoms with van der Waals surface area (Å²) < 4.78 is 0. The van der Waals surface area contributed by atoms with Crippen LogP contribution in [0.25, 0.3) is 0 Å². The molecule has 96 valence electrons. The van der Waals surface area contributed by atoms with Gasteiger partial charge in [-0.25, -0.2) is 0 Å². The lowest BCUT2D eigenvalue weighted by Crippen LogP contribution is -2.28. The Labute approximate surface area is 106 Å². The molecule has 1 N–H and O–H groups in total. The van der Waals surface area contributed by atoms with Crippen molar-refractivity contribution in [1.29, 1.82) is 0 Å². The van der Waals surface area contributed by atoms with Crippen molar-refractivity contribution in [2.75, 3.05) is 13.1 Å². The Morgan fingerprint density at radius 2 is 2.00 bits per heavy atom. The summed E-state index contributed by atoms with van der Waals surface area (Å²) in [6, 6.07) is 9.21. The molecule has 1 atom stereocenters. The molecule has 0 aromatic heterocycles. The molecule has 0 bridgehead atoms. The fraction of sp³-hybridized carbons (Fsp3) is 0.429. The quantitative estimate of drug-likeness (QED) is 0.885. The van der Waals surface area contributed by atoms with Gasteiger partial charge < -0.3 is 10.0 Å². The molecule has 1 amide bonds. The third-order valence-corrected chi connectivity index (χ3v) is 3.36. The highest BCUT2D eigenvalue weighted by molar-refractivity contribution is 5.94. The van der Waals surface area contributed by atoms with Gasteiger partial charge in [0.15, 0.2) is 0 Å². The predicted octanol–water partition coefficient (Wildman–Crippen LogP) is 2.01. The fourth-order valence-corrected chi connectivity index (χ4v) is 2.34. The first-order valence-corrected chi connectivity index (χ1v) is 6.23. The number of hydrogen-bond donors (Lipinski definition) is 1. The van der Waals surface area contributed by atoms with E-state index in [2.05, 4.69) is 0 Å². The van der Waals surface area contributed by atoms with Crippen molar-refractivity contribution in [3.63, 3.8) is 0 Å². The molecule has 4 heteroatoms. The summed E-state index contributed by atoms with van der Waals surface area (Å²) in [5.41, 5.74) is 0.705. The number of rotatable bonds is 4. The minimum atomic E-state index is -0.761. The number of aliphatic carboxylic acids is 1. The van der Waals surface area contributed by atoms with E-state index in [0.29, 0.717) is 24.4 Å². The number of nitrogens with zero attached hydrogens (tertiary/aromatic N) is 1. The van der Waals surface area contributed by atoms with Gasteiger partial charge in [-0.3, -0.25) is 9.59 Å². The highest BCUT2D eigenvalue weighted by Gasteiger charge is 2.26. The topological polar surface area (TPSA) is 57.6 Å². The van der Waals surface area contributed by atoms with E-state index in [1.54, 1.807) is 0 Å². The number of likely N-dealkylation sites (tertiary alicyclic amines) is 1. The van der Waals surface area contributed by atoms with Crippen LogP contribution in [0, 0.1) is 5.92 Å². The zero-order chi connectivity index (χ0) is 13.0. The van der Waals surface area contributed by atoms with Crippen LogP contribution in [0.4, 0.5) is 0 Å². The second kappa shape index (κ2) is 5.67. The average molecular weight is 247 g/mol. The molecule has 1 heterocycles. The Morgan fingerprint density at radius 3 is 2.67 bits per heavy atom. The van der Waals surface area contributed by atoms with Crippen molar-refractivity contribution < 1.29 is 14.7 Å². The number of amides is 1. The van der Waals surface area contributed by atoms with Gasteiger partial charge in [0.25, 0.3) is 5.91 Å². The van der Waals surface area contributed by atoms with Gasteiger partial charge >= 0.3 is 5.97 Å². The van der Waals surface area contributed by atoms with Gasteiger partial charge in [0.2, 0.25) is 0 Å². The Balaban J connectivity index is 1.89. The van der Waals surface area contributed by atoms with Crippen LogP contribution in [0.1, 0.15) is 29.6 Å². The van der Waals surface area contributed by atoms with Crippen LogP contribution >= 0.6 is 0 Å². The highest BCUT2D eigenvalue weighted by atomic mass is 16.4. The van der Waals surface area contributed by atoms with E-state index in [9.17, 15) is 9.59 Å². The Bertz CT molecular complexity index is 430. The summed E-state index contributed by atoms with van der Waals surface area (Å²) in [6.07, 6.45) is 1.76. The van der Waals surface area contributed by atoms with E-state index in [0.717, 1.165) is 13.0 Å². The maximum atomic E-state index is 12.1. The smallest absolute Gasteiger partial charge is 0.303 e. The number of hydrogen-bond acceptors (Lipinski definition) is 2. The standard InChI is InChI=1S/C14H17NO3/c16-13(17)7-6-11-8-9-15(10-11)14(18)12-4-2-1-3-5-12/h1-5,11H,6-10H2,(H,16,17). The van der Waals surface area contributed by atoms with E-state index in [4.69, 9.17) is 5.11 Å². The van der Waals surface area contributed by atoms with Crippen molar-refractivity contribution in [3.05, 3.63) is 35.9 Å². The molecule has 1 aliphatic rings. The van der Waals surface area contributed by atoms with Crippen LogP contribution in [0.2, 0.25) is 0 Å². The fourth-order valence-electron chi connectivity index (χ4n) is 2.34. The molecule has 1 unspecified atom stereocenters. The van der Waals surface area contributed by atoms with E-state index >= 15 is 0 Å². The first-order chi connectivity index (χ1) is 8.66. The lowest BCUT2D eigenvalue weighted by Gasteiger charge is -2.16. The normalized spacial score (nSPS) is 18.9. The lowest BCUT2D eigenvalue weighted by atomic mass is 10.0. The van der Waals surface area contributed by atoms with Crippen molar-refractivity contribution in [3.8, 4) is 0 Å². The zero-order valence-electron chi connectivity index (χ0n) is 10.2. The summed E-state index contributed by atoms with van der Waals surface area (Å²) in [5.74, 6) is -0.384. The largest absolute Gasteiger partial charge is 0.481 e. The molecule has 1 aromatic carbocycles. The van der Waals surface area contributed by atoms with Gasteiger partial charge in [-0.1, -0.05) is 18.2 Å². The van der Waals surface area contributed by atoms with E-state index in [1.165, 1.54) is 0 Å². The van der Waals surface area contributed by atoms with E-state index < -0.39 is 5.97 Å². The summed E-state index contributed by atoms with van der Waals surface area (Å²) in [4.78, 5) is 24.5. The highest BCUT2D eigenvalue weighted by Crippen LogP contribution is 2.22. The molecule has 0 saturated carbocycles. The van der Waals surface area contributed by atoms with Gasteiger partial charge in [0.05, 0.1) is 0 Å². The van der Waals surface area contributed by atoms with Crippen LogP contribution in [-0.4, -0.2) is 35.0 Å². The molecule has 1 saturated heterocycles. The minimum Gasteiger partial charge on any atom is -0.481 e. The van der Waals surface area contributed by atoms with Crippen LogP contribution in [0.5, 0.6) is 0 Å². The molecule has 0 aliphatic carbocycles. The number of carbonyl (C=O) groups excluding carboxylic acids is 1. The summed E-state index contributed by atoms with van der Waals surface area (Å²) in [6.45, 7) is 1.42. The van der Waals surface area contributed by atoms with Gasteiger partial charge in [-0.15, -0.1) is 0 Å². The van der Waals surface area contributed by atoms with Crippen LogP contribution in [0.3, 0.4) is 0 Å². The molecule has 1 aliphatic heterocycles. The first kappa shape index (κ1) is 12.6. The molecule has 1 fully saturated rings. The number of carboxylic acid groups (broad SMARTS) is 1. The molecule has 0 radical (unpaired) electrons. The Morgan fingerprint density at radius 1 is 1.28 bits per heavy atom. The lowest BCUT2D eigenvalue weighted by molar-refractivity contribution is -0.137. The molecule has 1 aromatic rings. The van der Waals surface area contributed by atoms with Gasteiger partial charge in [-0.2, -0.15) is 0 Å². The van der Waals surface area contributed by atoms with Crippen molar-refractivity contribution in [1.82, 2.24) is 4.90 Å². The maximum absolute atomic E-state index is 12.1. The summed E-state index contributed by atoms with van der Waals surface area (Å²) in [7, 11) is 0. The second-order valence-electron chi connectivity index (χ2n) is 4.70. The van der Waals surface area contributed by atoms with Crippen LogP contribution in [0.15, 0.2) is 30.3 Å². The Hall–Kier alpha value is -1.84. The molecule has 0 spiro atoms. The van der Waals surface area contributed by atoms with Gasteiger partial charge in [0, 0.05) is 25.1 Å². The van der Waals surface area contributed by atoms with Crippen molar-refractivity contribution >= 4 is 11.9 Å². The summed E-state index contributed by atoms with van der Waals surface area (Å²) >= 11 is 0. The number of benzene rings is 1. The molecule has 18 heavy (non-hydrogen) atoms. The van der Waals surface area contributed by atoms with Crippen LogP contribution < -0.4 is 0 Å². The molecular formula is C14H17NO3. The van der Waals surface area contributed by atoms with Crippen LogP contribution in [-0.2, 0) is 4.79 Å². The minimum absolute atomic E-state index is 0.0495. The first-order valence-electron chi connectivity index (χ1n) is 6.23. The van der Waals surface area contributed by atoms with E-state index in [1.807, 2.05) is 35.2 Å². The third kappa shape index (κ3) is 3.09. The SMILES string of the molecule is O=C(O)CCC1CCN(C(=O)c2ccccc2)C1. The Kier molecular flexibility index (Phi) is 3.97.